The third-order valence-corrected chi connectivity index (χ3v) is 5.03. The van der Waals surface area contributed by atoms with E-state index in [1.807, 2.05) is 23.6 Å². The van der Waals surface area contributed by atoms with E-state index in [1.54, 1.807) is 18.3 Å². The highest BCUT2D eigenvalue weighted by Crippen LogP contribution is 2.24. The van der Waals surface area contributed by atoms with E-state index in [-0.39, 0.29) is 5.56 Å². The molecule has 0 spiro atoms. The Labute approximate surface area is 156 Å². The van der Waals surface area contributed by atoms with Crippen molar-refractivity contribution in [3.63, 3.8) is 0 Å². The Kier molecular flexibility index (Phi) is 4.25. The van der Waals surface area contributed by atoms with Gasteiger partial charge >= 0.3 is 0 Å². The minimum atomic E-state index is -0.207. The van der Waals surface area contributed by atoms with Crippen LogP contribution >= 0.6 is 34.5 Å². The first-order valence-corrected chi connectivity index (χ1v) is 8.95. The molecule has 0 N–H and O–H groups in total. The maximum atomic E-state index is 12.7. The first-order valence-electron chi connectivity index (χ1n) is 7.32. The van der Waals surface area contributed by atoms with Crippen LogP contribution in [-0.2, 0) is 6.54 Å². The van der Waals surface area contributed by atoms with Gasteiger partial charge in [0.1, 0.15) is 5.01 Å². The second-order valence-electron chi connectivity index (χ2n) is 5.32. The highest BCUT2D eigenvalue weighted by atomic mass is 35.5. The van der Waals surface area contributed by atoms with E-state index in [4.69, 9.17) is 23.2 Å². The molecule has 0 aliphatic rings. The summed E-state index contributed by atoms with van der Waals surface area (Å²) in [6, 6.07) is 8.82. The van der Waals surface area contributed by atoms with E-state index in [9.17, 15) is 4.79 Å². The SMILES string of the molecule is O=c1c2cc(Cl)cc(Cl)c2ncn1Cc1csc(-c2ccccn2)n1. The summed E-state index contributed by atoms with van der Waals surface area (Å²) < 4.78 is 1.49. The number of rotatable bonds is 3. The van der Waals surface area contributed by atoms with Crippen LogP contribution in [0.3, 0.4) is 0 Å². The molecule has 4 rings (SSSR count). The van der Waals surface area contributed by atoms with E-state index in [2.05, 4.69) is 15.0 Å². The van der Waals surface area contributed by atoms with Crippen molar-refractivity contribution in [1.29, 1.82) is 0 Å². The van der Waals surface area contributed by atoms with Crippen LogP contribution in [0, 0.1) is 0 Å². The highest BCUT2D eigenvalue weighted by Gasteiger charge is 2.11. The van der Waals surface area contributed by atoms with Gasteiger partial charge in [-0.2, -0.15) is 0 Å². The molecule has 0 radical (unpaired) electrons. The zero-order valence-electron chi connectivity index (χ0n) is 12.7. The first kappa shape index (κ1) is 16.2. The van der Waals surface area contributed by atoms with Crippen LogP contribution in [0.4, 0.5) is 0 Å². The van der Waals surface area contributed by atoms with Crippen molar-refractivity contribution in [2.24, 2.45) is 0 Å². The fourth-order valence-corrected chi connectivity index (χ4v) is 3.80. The van der Waals surface area contributed by atoms with Crippen molar-refractivity contribution in [3.8, 4) is 10.7 Å². The molecule has 0 fully saturated rings. The van der Waals surface area contributed by atoms with Crippen LogP contribution in [0.1, 0.15) is 5.69 Å². The molecule has 5 nitrogen and oxygen atoms in total. The van der Waals surface area contributed by atoms with Crippen LogP contribution in [0.2, 0.25) is 10.0 Å². The zero-order valence-corrected chi connectivity index (χ0v) is 15.0. The normalized spacial score (nSPS) is 11.1. The topological polar surface area (TPSA) is 60.7 Å². The second kappa shape index (κ2) is 6.55. The summed E-state index contributed by atoms with van der Waals surface area (Å²) in [5, 5.41) is 3.87. The lowest BCUT2D eigenvalue weighted by Gasteiger charge is -2.06. The predicted octanol–water partition coefficient (Wildman–Crippen LogP) is 4.27. The number of hydrogen-bond donors (Lipinski definition) is 0. The van der Waals surface area contributed by atoms with Crippen molar-refractivity contribution in [3.05, 3.63) is 74.3 Å². The molecule has 4 aromatic rings. The molecule has 0 unspecified atom stereocenters. The Hall–Kier alpha value is -2.28. The van der Waals surface area contributed by atoms with Gasteiger partial charge < -0.3 is 0 Å². The summed E-state index contributed by atoms with van der Waals surface area (Å²) >= 11 is 13.6. The van der Waals surface area contributed by atoms with Crippen molar-refractivity contribution in [1.82, 2.24) is 19.5 Å². The fraction of sp³-hybridized carbons (Fsp3) is 0.0588. The molecule has 0 saturated heterocycles. The van der Waals surface area contributed by atoms with Gasteiger partial charge in [0.2, 0.25) is 0 Å². The Morgan fingerprint density at radius 3 is 2.84 bits per heavy atom. The minimum absolute atomic E-state index is 0.207. The standard InChI is InChI=1S/C17H10Cl2N4OS/c18-10-5-12-15(13(19)6-10)21-9-23(17(12)24)7-11-8-25-16(22-11)14-3-1-2-4-20-14/h1-6,8-9H,7H2. The number of halogens is 2. The number of benzene rings is 1. The van der Waals surface area contributed by atoms with E-state index < -0.39 is 0 Å². The lowest BCUT2D eigenvalue weighted by molar-refractivity contribution is 0.734. The van der Waals surface area contributed by atoms with Gasteiger partial charge in [0.15, 0.2) is 0 Å². The lowest BCUT2D eigenvalue weighted by Crippen LogP contribution is -2.21. The largest absolute Gasteiger partial charge is 0.293 e. The second-order valence-corrected chi connectivity index (χ2v) is 7.02. The van der Waals surface area contributed by atoms with Gasteiger partial charge in [-0.1, -0.05) is 29.3 Å². The predicted molar refractivity (Wildman–Crippen MR) is 100 cm³/mol. The number of hydrogen-bond acceptors (Lipinski definition) is 5. The van der Waals surface area contributed by atoms with Gasteiger partial charge in [0.25, 0.3) is 5.56 Å². The van der Waals surface area contributed by atoms with Crippen LogP contribution in [0.25, 0.3) is 21.6 Å². The van der Waals surface area contributed by atoms with Gasteiger partial charge in [-0.15, -0.1) is 11.3 Å². The van der Waals surface area contributed by atoms with Crippen LogP contribution in [0.5, 0.6) is 0 Å². The molecule has 25 heavy (non-hydrogen) atoms. The average molecular weight is 389 g/mol. The summed E-state index contributed by atoms with van der Waals surface area (Å²) in [5.74, 6) is 0. The molecule has 124 valence electrons. The lowest BCUT2D eigenvalue weighted by atomic mass is 10.2. The summed E-state index contributed by atoms with van der Waals surface area (Å²) in [4.78, 5) is 25.8. The van der Waals surface area contributed by atoms with Crippen LogP contribution < -0.4 is 5.56 Å². The fourth-order valence-electron chi connectivity index (χ4n) is 2.47. The van der Waals surface area contributed by atoms with Crippen molar-refractivity contribution < 1.29 is 0 Å². The van der Waals surface area contributed by atoms with Crippen molar-refractivity contribution >= 4 is 45.4 Å². The molecule has 3 aromatic heterocycles. The minimum Gasteiger partial charge on any atom is -0.293 e. The van der Waals surface area contributed by atoms with Crippen LogP contribution in [-0.4, -0.2) is 19.5 Å². The quantitative estimate of drug-likeness (QED) is 0.525. The Bertz CT molecular complexity index is 1120. The third kappa shape index (κ3) is 3.16. The monoisotopic (exact) mass is 388 g/mol. The van der Waals surface area contributed by atoms with E-state index in [1.165, 1.54) is 22.2 Å². The average Bonchev–Trinajstić information content (AvgIpc) is 3.07. The Morgan fingerprint density at radius 1 is 1.16 bits per heavy atom. The summed E-state index contributed by atoms with van der Waals surface area (Å²) in [6.45, 7) is 0.315. The maximum absolute atomic E-state index is 12.7. The molecule has 0 amide bonds. The maximum Gasteiger partial charge on any atom is 0.261 e. The van der Waals surface area contributed by atoms with Crippen molar-refractivity contribution in [2.75, 3.05) is 0 Å². The number of thiazole rings is 1. The zero-order chi connectivity index (χ0) is 17.4. The molecule has 1 aromatic carbocycles. The molecular formula is C17H10Cl2N4OS. The van der Waals surface area contributed by atoms with Gasteiger partial charge in [0.05, 0.1) is 40.2 Å². The van der Waals surface area contributed by atoms with Gasteiger partial charge in [-0.3, -0.25) is 14.3 Å². The Morgan fingerprint density at radius 2 is 2.04 bits per heavy atom. The summed E-state index contributed by atoms with van der Waals surface area (Å²) in [6.07, 6.45) is 3.20. The molecule has 0 bridgehead atoms. The van der Waals surface area contributed by atoms with Gasteiger partial charge in [-0.05, 0) is 24.3 Å². The molecule has 0 atom stereocenters. The van der Waals surface area contributed by atoms with Gasteiger partial charge in [0, 0.05) is 16.6 Å². The smallest absolute Gasteiger partial charge is 0.261 e. The summed E-state index contributed by atoms with van der Waals surface area (Å²) in [5.41, 5.74) is 1.81. The molecule has 3 heterocycles. The third-order valence-electron chi connectivity index (χ3n) is 3.61. The molecule has 0 saturated carbocycles. The van der Waals surface area contributed by atoms with Crippen LogP contribution in [0.15, 0.2) is 53.0 Å². The molecule has 8 heteroatoms. The molecule has 0 aliphatic heterocycles. The van der Waals surface area contributed by atoms with Crippen molar-refractivity contribution in [2.45, 2.75) is 6.54 Å². The molecule has 0 aliphatic carbocycles. The Balaban J connectivity index is 1.71. The number of nitrogens with zero attached hydrogens (tertiary/aromatic N) is 4. The first-order chi connectivity index (χ1) is 12.1. The molecular weight excluding hydrogens is 379 g/mol. The van der Waals surface area contributed by atoms with E-state index >= 15 is 0 Å². The number of fused-ring (bicyclic) bond motifs is 1. The number of pyridine rings is 1. The van der Waals surface area contributed by atoms with E-state index in [0.717, 1.165) is 16.4 Å². The highest BCUT2D eigenvalue weighted by molar-refractivity contribution is 7.13. The van der Waals surface area contributed by atoms with Gasteiger partial charge in [-0.25, -0.2) is 9.97 Å². The van der Waals surface area contributed by atoms with E-state index in [0.29, 0.717) is 27.5 Å². The summed E-state index contributed by atoms with van der Waals surface area (Å²) in [7, 11) is 0. The number of aromatic nitrogens is 4.